The van der Waals surface area contributed by atoms with Gasteiger partial charge in [0.05, 0.1) is 6.61 Å². The van der Waals surface area contributed by atoms with E-state index in [1.807, 2.05) is 32.9 Å². The van der Waals surface area contributed by atoms with Gasteiger partial charge in [0.25, 0.3) is 5.91 Å². The van der Waals surface area contributed by atoms with Crippen molar-refractivity contribution in [2.75, 3.05) is 6.61 Å². The highest BCUT2D eigenvalue weighted by Gasteiger charge is 2.39. The Morgan fingerprint density at radius 2 is 2.00 bits per heavy atom. The average molecular weight is 261 g/mol. The molecule has 1 aromatic carbocycles. The van der Waals surface area contributed by atoms with Crippen molar-refractivity contribution < 1.29 is 9.90 Å². The van der Waals surface area contributed by atoms with E-state index in [0.29, 0.717) is 5.56 Å². The monoisotopic (exact) mass is 261 g/mol. The molecule has 2 N–H and O–H groups in total. The fraction of sp³-hybridized carbons (Fsp3) is 0.562. The second-order valence-corrected chi connectivity index (χ2v) is 6.11. The van der Waals surface area contributed by atoms with E-state index in [1.54, 1.807) is 0 Å². The molecule has 0 spiro atoms. The van der Waals surface area contributed by atoms with Gasteiger partial charge in [0.2, 0.25) is 0 Å². The van der Waals surface area contributed by atoms with Crippen LogP contribution in [0.1, 0.15) is 47.7 Å². The van der Waals surface area contributed by atoms with Crippen molar-refractivity contribution >= 4 is 5.91 Å². The summed E-state index contributed by atoms with van der Waals surface area (Å²) in [6.45, 7) is 6.17. The predicted octanol–water partition coefficient (Wildman–Crippen LogP) is 2.58. The molecular formula is C16H23NO2. The molecule has 19 heavy (non-hydrogen) atoms. The molecule has 0 aromatic heterocycles. The van der Waals surface area contributed by atoms with E-state index in [2.05, 4.69) is 11.4 Å². The first kappa shape index (κ1) is 14.1. The Balaban J connectivity index is 2.13. The van der Waals surface area contributed by atoms with Gasteiger partial charge in [0.1, 0.15) is 0 Å². The zero-order valence-electron chi connectivity index (χ0n) is 12.0. The molecule has 1 saturated carbocycles. The lowest BCUT2D eigenvalue weighted by Crippen LogP contribution is -2.44. The minimum atomic E-state index is -0.172. The van der Waals surface area contributed by atoms with Crippen molar-refractivity contribution in [3.63, 3.8) is 0 Å². The number of aliphatic hydroxyl groups excluding tert-OH is 1. The maximum Gasteiger partial charge on any atom is 0.251 e. The second-order valence-electron chi connectivity index (χ2n) is 6.11. The van der Waals surface area contributed by atoms with Crippen LogP contribution in [-0.2, 0) is 0 Å². The van der Waals surface area contributed by atoms with Crippen molar-refractivity contribution in [3.05, 3.63) is 34.9 Å². The van der Waals surface area contributed by atoms with Crippen molar-refractivity contribution in [1.82, 2.24) is 5.32 Å². The number of carbonyl (C=O) groups excluding carboxylic acids is 1. The van der Waals surface area contributed by atoms with Gasteiger partial charge in [-0.2, -0.15) is 0 Å². The molecule has 1 aliphatic rings. The highest BCUT2D eigenvalue weighted by Crippen LogP contribution is 2.37. The summed E-state index contributed by atoms with van der Waals surface area (Å²) < 4.78 is 0. The molecule has 0 heterocycles. The number of amides is 1. The van der Waals surface area contributed by atoms with Crippen LogP contribution in [0.25, 0.3) is 0 Å². The summed E-state index contributed by atoms with van der Waals surface area (Å²) in [7, 11) is 0. The van der Waals surface area contributed by atoms with E-state index in [9.17, 15) is 9.90 Å². The summed E-state index contributed by atoms with van der Waals surface area (Å²) in [6, 6.07) is 5.96. The molecule has 3 heteroatoms. The van der Waals surface area contributed by atoms with Gasteiger partial charge in [-0.15, -0.1) is 0 Å². The van der Waals surface area contributed by atoms with E-state index in [4.69, 9.17) is 0 Å². The summed E-state index contributed by atoms with van der Waals surface area (Å²) in [5, 5.41) is 12.6. The fourth-order valence-corrected chi connectivity index (χ4v) is 3.02. The van der Waals surface area contributed by atoms with Crippen molar-refractivity contribution in [1.29, 1.82) is 0 Å². The molecule has 0 aliphatic heterocycles. The number of aliphatic hydroxyl groups is 1. The Hall–Kier alpha value is -1.35. The first-order valence-corrected chi connectivity index (χ1v) is 6.95. The summed E-state index contributed by atoms with van der Waals surface area (Å²) in [6.07, 6.45) is 2.99. The van der Waals surface area contributed by atoms with E-state index in [-0.39, 0.29) is 24.0 Å². The van der Waals surface area contributed by atoms with Crippen LogP contribution in [0.5, 0.6) is 0 Å². The summed E-state index contributed by atoms with van der Waals surface area (Å²) in [5.74, 6) is -0.0293. The van der Waals surface area contributed by atoms with Gasteiger partial charge < -0.3 is 10.4 Å². The van der Waals surface area contributed by atoms with Gasteiger partial charge in [-0.05, 0) is 38.8 Å². The Morgan fingerprint density at radius 1 is 1.37 bits per heavy atom. The molecule has 0 bridgehead atoms. The molecule has 2 unspecified atom stereocenters. The number of hydrogen-bond acceptors (Lipinski definition) is 2. The lowest BCUT2D eigenvalue weighted by molar-refractivity contribution is 0.0830. The SMILES string of the molecule is Cc1cc(C)cc(C(=O)NC2CCCC2(C)CO)c1. The Kier molecular flexibility index (Phi) is 3.95. The molecule has 1 aromatic rings. The molecule has 1 fully saturated rings. The van der Waals surface area contributed by atoms with Crippen LogP contribution >= 0.6 is 0 Å². The van der Waals surface area contributed by atoms with Crippen molar-refractivity contribution in [3.8, 4) is 0 Å². The molecule has 1 amide bonds. The molecule has 2 atom stereocenters. The van der Waals surface area contributed by atoms with Crippen molar-refractivity contribution in [2.45, 2.75) is 46.1 Å². The van der Waals surface area contributed by atoms with Crippen LogP contribution in [0.4, 0.5) is 0 Å². The molecule has 104 valence electrons. The Bertz CT molecular complexity index is 463. The van der Waals surface area contributed by atoms with Crippen molar-refractivity contribution in [2.24, 2.45) is 5.41 Å². The third-order valence-electron chi connectivity index (χ3n) is 4.23. The molecule has 2 rings (SSSR count). The lowest BCUT2D eigenvalue weighted by Gasteiger charge is -2.30. The van der Waals surface area contributed by atoms with Crippen LogP contribution < -0.4 is 5.32 Å². The molecular weight excluding hydrogens is 238 g/mol. The van der Waals surface area contributed by atoms with Gasteiger partial charge in [0, 0.05) is 17.0 Å². The average Bonchev–Trinajstić information content (AvgIpc) is 2.70. The van der Waals surface area contributed by atoms with E-state index in [1.165, 1.54) is 0 Å². The van der Waals surface area contributed by atoms with Gasteiger partial charge in [-0.3, -0.25) is 4.79 Å². The van der Waals surface area contributed by atoms with Gasteiger partial charge in [0.15, 0.2) is 0 Å². The van der Waals surface area contributed by atoms with Crippen LogP contribution in [0, 0.1) is 19.3 Å². The van der Waals surface area contributed by atoms with E-state index >= 15 is 0 Å². The topological polar surface area (TPSA) is 49.3 Å². The van der Waals surface area contributed by atoms with Crippen LogP contribution in [-0.4, -0.2) is 23.7 Å². The third kappa shape index (κ3) is 2.98. The predicted molar refractivity (Wildman–Crippen MR) is 76.2 cm³/mol. The van der Waals surface area contributed by atoms with Crippen LogP contribution in [0.15, 0.2) is 18.2 Å². The Morgan fingerprint density at radius 3 is 2.58 bits per heavy atom. The zero-order valence-corrected chi connectivity index (χ0v) is 12.0. The molecule has 0 saturated heterocycles. The number of carbonyl (C=O) groups is 1. The summed E-state index contributed by atoms with van der Waals surface area (Å²) >= 11 is 0. The largest absolute Gasteiger partial charge is 0.396 e. The minimum Gasteiger partial charge on any atom is -0.396 e. The first-order chi connectivity index (χ1) is 8.94. The quantitative estimate of drug-likeness (QED) is 0.878. The standard InChI is InChI=1S/C16H23NO2/c1-11-7-12(2)9-13(8-11)15(19)17-14-5-4-6-16(14,3)10-18/h7-9,14,18H,4-6,10H2,1-3H3,(H,17,19). The maximum absolute atomic E-state index is 12.3. The van der Waals surface area contributed by atoms with Gasteiger partial charge >= 0.3 is 0 Å². The highest BCUT2D eigenvalue weighted by atomic mass is 16.3. The zero-order chi connectivity index (χ0) is 14.0. The lowest BCUT2D eigenvalue weighted by atomic mass is 9.85. The van der Waals surface area contributed by atoms with Gasteiger partial charge in [-0.1, -0.05) is 30.5 Å². The van der Waals surface area contributed by atoms with E-state index in [0.717, 1.165) is 30.4 Å². The molecule has 1 aliphatic carbocycles. The van der Waals surface area contributed by atoms with Crippen LogP contribution in [0.3, 0.4) is 0 Å². The fourth-order valence-electron chi connectivity index (χ4n) is 3.02. The molecule has 0 radical (unpaired) electrons. The van der Waals surface area contributed by atoms with Crippen LogP contribution in [0.2, 0.25) is 0 Å². The number of benzene rings is 1. The summed E-state index contributed by atoms with van der Waals surface area (Å²) in [5.41, 5.74) is 2.74. The first-order valence-electron chi connectivity index (χ1n) is 6.95. The normalized spacial score (nSPS) is 26.4. The second kappa shape index (κ2) is 5.33. The Labute approximate surface area is 115 Å². The molecule has 3 nitrogen and oxygen atoms in total. The number of rotatable bonds is 3. The highest BCUT2D eigenvalue weighted by molar-refractivity contribution is 5.94. The van der Waals surface area contributed by atoms with E-state index < -0.39 is 0 Å². The minimum absolute atomic E-state index is 0.0293. The number of aryl methyl sites for hydroxylation is 2. The number of nitrogens with one attached hydrogen (secondary N) is 1. The third-order valence-corrected chi connectivity index (χ3v) is 4.23. The smallest absolute Gasteiger partial charge is 0.251 e. The van der Waals surface area contributed by atoms with Gasteiger partial charge in [-0.25, -0.2) is 0 Å². The summed E-state index contributed by atoms with van der Waals surface area (Å²) in [4.78, 5) is 12.3. The maximum atomic E-state index is 12.3. The number of hydrogen-bond donors (Lipinski definition) is 2.